The number of aromatic nitrogens is 2. The predicted molar refractivity (Wildman–Crippen MR) is 76.0 cm³/mol. The number of hydrogen-bond acceptors (Lipinski definition) is 5. The molecule has 0 atom stereocenters. The SMILES string of the molecule is CCOC(=O)c1cnn(C#Cc2cccc(N)c2C#N)c1. The van der Waals surface area contributed by atoms with Crippen molar-refractivity contribution in [3.8, 4) is 18.0 Å². The van der Waals surface area contributed by atoms with Crippen LogP contribution in [0.4, 0.5) is 5.69 Å². The summed E-state index contributed by atoms with van der Waals surface area (Å²) in [5.74, 6) is 2.35. The van der Waals surface area contributed by atoms with E-state index in [4.69, 9.17) is 15.7 Å². The number of carbonyl (C=O) groups excluding carboxylic acids is 1. The molecule has 2 rings (SSSR count). The quantitative estimate of drug-likeness (QED) is 0.509. The molecule has 2 aromatic rings. The first kappa shape index (κ1) is 14.2. The largest absolute Gasteiger partial charge is 0.462 e. The van der Waals surface area contributed by atoms with E-state index >= 15 is 0 Å². The Morgan fingerprint density at radius 2 is 2.33 bits per heavy atom. The summed E-state index contributed by atoms with van der Waals surface area (Å²) >= 11 is 0. The normalized spacial score (nSPS) is 9.33. The van der Waals surface area contributed by atoms with Gasteiger partial charge in [0, 0.05) is 11.6 Å². The zero-order valence-corrected chi connectivity index (χ0v) is 11.3. The Bertz CT molecular complexity index is 775. The van der Waals surface area contributed by atoms with Crippen LogP contribution in [-0.4, -0.2) is 22.4 Å². The van der Waals surface area contributed by atoms with E-state index in [1.807, 2.05) is 6.07 Å². The molecule has 0 spiro atoms. The van der Waals surface area contributed by atoms with Crippen LogP contribution in [0.2, 0.25) is 0 Å². The maximum atomic E-state index is 11.5. The predicted octanol–water partition coefficient (Wildman–Crippen LogP) is 1.37. The highest BCUT2D eigenvalue weighted by Gasteiger charge is 2.08. The Morgan fingerprint density at radius 3 is 3.05 bits per heavy atom. The van der Waals surface area contributed by atoms with Gasteiger partial charge in [-0.2, -0.15) is 15.0 Å². The van der Waals surface area contributed by atoms with Crippen molar-refractivity contribution in [2.75, 3.05) is 12.3 Å². The summed E-state index contributed by atoms with van der Waals surface area (Å²) < 4.78 is 6.14. The van der Waals surface area contributed by atoms with Gasteiger partial charge in [0.25, 0.3) is 0 Å². The first-order chi connectivity index (χ1) is 10.2. The van der Waals surface area contributed by atoms with Gasteiger partial charge in [-0.3, -0.25) is 0 Å². The van der Waals surface area contributed by atoms with E-state index in [-0.39, 0.29) is 0 Å². The Balaban J connectivity index is 2.27. The Kier molecular flexibility index (Phi) is 4.23. The summed E-state index contributed by atoms with van der Waals surface area (Å²) in [7, 11) is 0. The van der Waals surface area contributed by atoms with Crippen LogP contribution in [0.3, 0.4) is 0 Å². The molecule has 0 radical (unpaired) electrons. The van der Waals surface area contributed by atoms with E-state index < -0.39 is 5.97 Å². The second-order valence-electron chi connectivity index (χ2n) is 4.01. The van der Waals surface area contributed by atoms with Crippen molar-refractivity contribution in [1.82, 2.24) is 9.78 Å². The average molecular weight is 280 g/mol. The van der Waals surface area contributed by atoms with Crippen LogP contribution in [0.15, 0.2) is 30.6 Å². The van der Waals surface area contributed by atoms with E-state index in [0.717, 1.165) is 0 Å². The maximum Gasteiger partial charge on any atom is 0.341 e. The fourth-order valence-corrected chi connectivity index (χ4v) is 1.62. The van der Waals surface area contributed by atoms with Gasteiger partial charge >= 0.3 is 5.97 Å². The molecular weight excluding hydrogens is 268 g/mol. The van der Waals surface area contributed by atoms with Crippen molar-refractivity contribution in [2.45, 2.75) is 6.92 Å². The first-order valence-corrected chi connectivity index (χ1v) is 6.18. The van der Waals surface area contributed by atoms with Gasteiger partial charge in [0.2, 0.25) is 0 Å². The second-order valence-corrected chi connectivity index (χ2v) is 4.01. The lowest BCUT2D eigenvalue weighted by molar-refractivity contribution is 0.0526. The van der Waals surface area contributed by atoms with Crippen molar-refractivity contribution in [3.05, 3.63) is 47.3 Å². The highest BCUT2D eigenvalue weighted by atomic mass is 16.5. The van der Waals surface area contributed by atoms with E-state index in [9.17, 15) is 4.79 Å². The molecule has 0 amide bonds. The number of nitriles is 1. The number of carbonyl (C=O) groups is 1. The van der Waals surface area contributed by atoms with Crippen LogP contribution in [0.25, 0.3) is 0 Å². The summed E-state index contributed by atoms with van der Waals surface area (Å²) in [5, 5.41) is 13.0. The van der Waals surface area contributed by atoms with E-state index in [0.29, 0.717) is 29.0 Å². The van der Waals surface area contributed by atoms with Gasteiger partial charge < -0.3 is 10.5 Å². The highest BCUT2D eigenvalue weighted by Crippen LogP contribution is 2.14. The fourth-order valence-electron chi connectivity index (χ4n) is 1.62. The molecule has 1 aromatic carbocycles. The molecule has 6 heteroatoms. The molecule has 0 saturated heterocycles. The van der Waals surface area contributed by atoms with Crippen LogP contribution >= 0.6 is 0 Å². The number of rotatable bonds is 2. The fraction of sp³-hybridized carbons (Fsp3) is 0.133. The van der Waals surface area contributed by atoms with Gasteiger partial charge in [-0.15, -0.1) is 0 Å². The number of esters is 1. The maximum absolute atomic E-state index is 11.5. The Labute approximate surface area is 121 Å². The summed E-state index contributed by atoms with van der Waals surface area (Å²) in [6, 6.07) is 9.77. The third-order valence-corrected chi connectivity index (χ3v) is 2.61. The zero-order chi connectivity index (χ0) is 15.2. The monoisotopic (exact) mass is 280 g/mol. The second kappa shape index (κ2) is 6.27. The molecule has 104 valence electrons. The number of benzene rings is 1. The number of nitrogen functional groups attached to an aromatic ring is 1. The molecule has 0 bridgehead atoms. The van der Waals surface area contributed by atoms with Gasteiger partial charge in [-0.05, 0) is 25.0 Å². The van der Waals surface area contributed by atoms with Gasteiger partial charge in [-0.25, -0.2) is 4.79 Å². The minimum absolute atomic E-state index is 0.296. The molecule has 2 N–H and O–H groups in total. The molecule has 0 fully saturated rings. The highest BCUT2D eigenvalue weighted by molar-refractivity contribution is 5.88. The molecular formula is C15H12N4O2. The lowest BCUT2D eigenvalue weighted by Crippen LogP contribution is -2.02. The van der Waals surface area contributed by atoms with Crippen LogP contribution in [-0.2, 0) is 4.74 Å². The standard InChI is InChI=1S/C15H12N4O2/c1-2-21-15(20)12-9-18-19(10-12)7-6-11-4-3-5-14(17)13(11)8-16/h3-5,9-10H,2,17H2,1H3. The molecule has 21 heavy (non-hydrogen) atoms. The smallest absolute Gasteiger partial charge is 0.341 e. The van der Waals surface area contributed by atoms with Crippen molar-refractivity contribution in [1.29, 1.82) is 5.26 Å². The van der Waals surface area contributed by atoms with Crippen molar-refractivity contribution in [2.24, 2.45) is 0 Å². The Morgan fingerprint density at radius 1 is 1.52 bits per heavy atom. The van der Waals surface area contributed by atoms with Crippen LogP contribution in [0.5, 0.6) is 0 Å². The van der Waals surface area contributed by atoms with Crippen molar-refractivity contribution < 1.29 is 9.53 Å². The minimum atomic E-state index is -0.452. The summed E-state index contributed by atoms with van der Waals surface area (Å²) in [5.41, 5.74) is 7.22. The van der Waals surface area contributed by atoms with Crippen LogP contribution in [0.1, 0.15) is 28.4 Å². The summed E-state index contributed by atoms with van der Waals surface area (Å²) in [6.45, 7) is 2.02. The third-order valence-electron chi connectivity index (χ3n) is 2.61. The van der Waals surface area contributed by atoms with Gasteiger partial charge in [0.05, 0.1) is 35.8 Å². The Hall–Kier alpha value is -3.25. The van der Waals surface area contributed by atoms with Gasteiger partial charge in [0.1, 0.15) is 6.07 Å². The molecule has 0 saturated carbocycles. The van der Waals surface area contributed by atoms with Crippen LogP contribution in [0, 0.1) is 23.3 Å². The number of nitrogens with two attached hydrogens (primary N) is 1. The van der Waals surface area contributed by atoms with E-state index in [2.05, 4.69) is 17.1 Å². The molecule has 0 aliphatic heterocycles. The molecule has 6 nitrogen and oxygen atoms in total. The molecule has 0 aliphatic carbocycles. The molecule has 0 aliphatic rings. The first-order valence-electron chi connectivity index (χ1n) is 6.18. The average Bonchev–Trinajstić information content (AvgIpc) is 2.94. The zero-order valence-electron chi connectivity index (χ0n) is 11.3. The lowest BCUT2D eigenvalue weighted by Gasteiger charge is -1.98. The van der Waals surface area contributed by atoms with Crippen molar-refractivity contribution >= 4 is 11.7 Å². The lowest BCUT2D eigenvalue weighted by atomic mass is 10.1. The summed E-state index contributed by atoms with van der Waals surface area (Å²) in [4.78, 5) is 11.5. The number of nitrogens with zero attached hydrogens (tertiary/aromatic N) is 3. The number of ether oxygens (including phenoxy) is 1. The van der Waals surface area contributed by atoms with E-state index in [1.54, 1.807) is 25.1 Å². The third kappa shape index (κ3) is 3.20. The van der Waals surface area contributed by atoms with Crippen LogP contribution < -0.4 is 5.73 Å². The van der Waals surface area contributed by atoms with Crippen molar-refractivity contribution in [3.63, 3.8) is 0 Å². The van der Waals surface area contributed by atoms with Gasteiger partial charge in [-0.1, -0.05) is 6.07 Å². The molecule has 0 unspecified atom stereocenters. The molecule has 1 heterocycles. The van der Waals surface area contributed by atoms with E-state index in [1.165, 1.54) is 17.1 Å². The number of hydrogen-bond donors (Lipinski definition) is 1. The molecule has 1 aromatic heterocycles. The topological polar surface area (TPSA) is 93.9 Å². The summed E-state index contributed by atoms with van der Waals surface area (Å²) in [6.07, 6.45) is 2.83. The number of anilines is 1. The minimum Gasteiger partial charge on any atom is -0.462 e. The van der Waals surface area contributed by atoms with Gasteiger partial charge in [0.15, 0.2) is 0 Å².